The van der Waals surface area contributed by atoms with Crippen LogP contribution in [-0.2, 0) is 6.54 Å². The van der Waals surface area contributed by atoms with Gasteiger partial charge in [-0.2, -0.15) is 0 Å². The van der Waals surface area contributed by atoms with Crippen molar-refractivity contribution >= 4 is 17.0 Å². The van der Waals surface area contributed by atoms with Gasteiger partial charge in [0.15, 0.2) is 17.0 Å². The van der Waals surface area contributed by atoms with Crippen LogP contribution in [0.15, 0.2) is 42.7 Å². The van der Waals surface area contributed by atoms with Crippen molar-refractivity contribution < 1.29 is 9.13 Å². The largest absolute Gasteiger partial charge is 0.494 e. The van der Waals surface area contributed by atoms with E-state index in [-0.39, 0.29) is 5.82 Å². The normalized spacial score (nSPS) is 11.4. The highest BCUT2D eigenvalue weighted by atomic mass is 19.1. The van der Waals surface area contributed by atoms with E-state index in [9.17, 15) is 4.39 Å². The Morgan fingerprint density at radius 3 is 2.75 bits per heavy atom. The van der Waals surface area contributed by atoms with Crippen LogP contribution in [0.5, 0.6) is 5.75 Å². The van der Waals surface area contributed by atoms with Crippen molar-refractivity contribution in [2.24, 2.45) is 0 Å². The van der Waals surface area contributed by atoms with E-state index in [1.807, 2.05) is 42.9 Å². The number of ether oxygens (including phenoxy) is 1. The van der Waals surface area contributed by atoms with Crippen molar-refractivity contribution in [3.05, 3.63) is 59.9 Å². The zero-order chi connectivity index (χ0) is 22.7. The van der Waals surface area contributed by atoms with Gasteiger partial charge in [0.25, 0.3) is 0 Å². The van der Waals surface area contributed by atoms with Crippen molar-refractivity contribution in [1.82, 2.24) is 29.4 Å². The fraction of sp³-hybridized carbons (Fsp3) is 0.304. The molecule has 0 radical (unpaired) electrons. The Hall–Kier alpha value is -3.59. The lowest BCUT2D eigenvalue weighted by atomic mass is 10.2. The molecule has 0 aliphatic heterocycles. The van der Waals surface area contributed by atoms with Gasteiger partial charge in [0.1, 0.15) is 23.2 Å². The van der Waals surface area contributed by atoms with Crippen LogP contribution >= 0.6 is 0 Å². The minimum absolute atomic E-state index is 0.287. The van der Waals surface area contributed by atoms with E-state index in [1.165, 1.54) is 6.07 Å². The van der Waals surface area contributed by atoms with Crippen molar-refractivity contribution in [2.45, 2.75) is 19.9 Å². The Kier molecular flexibility index (Phi) is 6.27. The van der Waals surface area contributed by atoms with Gasteiger partial charge in [0.2, 0.25) is 0 Å². The fourth-order valence-corrected chi connectivity index (χ4v) is 3.53. The van der Waals surface area contributed by atoms with Gasteiger partial charge in [-0.3, -0.25) is 4.98 Å². The first-order valence-electron chi connectivity index (χ1n) is 10.4. The second kappa shape index (κ2) is 9.27. The van der Waals surface area contributed by atoms with E-state index in [2.05, 4.69) is 24.8 Å². The molecule has 0 spiro atoms. The molecule has 32 heavy (non-hydrogen) atoms. The SMILES string of the molecule is Cc1nc(N)c2nc(-c3cncc(F)c3)n(Cc3cccc(OCCCN(C)C)c3)c2n1. The molecule has 0 aliphatic rings. The highest BCUT2D eigenvalue weighted by molar-refractivity contribution is 5.85. The average molecular weight is 436 g/mol. The first-order valence-corrected chi connectivity index (χ1v) is 10.4. The van der Waals surface area contributed by atoms with Crippen molar-refractivity contribution in [3.63, 3.8) is 0 Å². The molecule has 4 aromatic rings. The molecule has 3 aromatic heterocycles. The molecule has 2 N–H and O–H groups in total. The van der Waals surface area contributed by atoms with E-state index >= 15 is 0 Å². The molecule has 0 amide bonds. The van der Waals surface area contributed by atoms with Crippen molar-refractivity contribution in [3.8, 4) is 17.1 Å². The summed E-state index contributed by atoms with van der Waals surface area (Å²) in [6.07, 6.45) is 3.67. The maximum atomic E-state index is 13.9. The van der Waals surface area contributed by atoms with E-state index in [4.69, 9.17) is 10.5 Å². The molecule has 9 heteroatoms. The van der Waals surface area contributed by atoms with Crippen LogP contribution in [0.4, 0.5) is 10.2 Å². The molecule has 4 rings (SSSR count). The van der Waals surface area contributed by atoms with E-state index in [0.717, 1.165) is 30.5 Å². The molecular weight excluding hydrogens is 409 g/mol. The number of benzene rings is 1. The summed E-state index contributed by atoms with van der Waals surface area (Å²) in [6, 6.07) is 9.28. The van der Waals surface area contributed by atoms with Gasteiger partial charge in [-0.25, -0.2) is 19.3 Å². The quantitative estimate of drug-likeness (QED) is 0.424. The maximum absolute atomic E-state index is 13.9. The summed E-state index contributed by atoms with van der Waals surface area (Å²) in [7, 11) is 4.08. The molecule has 0 atom stereocenters. The molecule has 0 aliphatic carbocycles. The highest BCUT2D eigenvalue weighted by Gasteiger charge is 2.18. The molecule has 0 fully saturated rings. The lowest BCUT2D eigenvalue weighted by molar-refractivity contribution is 0.281. The third-order valence-electron chi connectivity index (χ3n) is 4.95. The number of aryl methyl sites for hydroxylation is 1. The predicted octanol–water partition coefficient (Wildman–Crippen LogP) is 3.30. The summed E-state index contributed by atoms with van der Waals surface area (Å²) in [4.78, 5) is 19.5. The monoisotopic (exact) mass is 435 g/mol. The number of pyridine rings is 1. The first kappa shape index (κ1) is 21.6. The van der Waals surface area contributed by atoms with Gasteiger partial charge in [-0.15, -0.1) is 0 Å². The molecule has 0 unspecified atom stereocenters. The molecule has 0 bridgehead atoms. The second-order valence-corrected chi connectivity index (χ2v) is 7.89. The summed E-state index contributed by atoms with van der Waals surface area (Å²) in [5, 5.41) is 0. The van der Waals surface area contributed by atoms with Crippen LogP contribution in [0.2, 0.25) is 0 Å². The number of rotatable bonds is 8. The van der Waals surface area contributed by atoms with E-state index in [0.29, 0.717) is 41.5 Å². The Bertz CT molecular complexity index is 1240. The van der Waals surface area contributed by atoms with Gasteiger partial charge in [-0.05, 0) is 51.2 Å². The van der Waals surface area contributed by atoms with Crippen LogP contribution < -0.4 is 10.5 Å². The number of anilines is 1. The van der Waals surface area contributed by atoms with Gasteiger partial charge in [-0.1, -0.05) is 12.1 Å². The van der Waals surface area contributed by atoms with E-state index < -0.39 is 5.82 Å². The van der Waals surface area contributed by atoms with Gasteiger partial charge < -0.3 is 19.9 Å². The van der Waals surface area contributed by atoms with Crippen molar-refractivity contribution in [1.29, 1.82) is 0 Å². The molecule has 0 saturated carbocycles. The topological polar surface area (TPSA) is 95.0 Å². The third-order valence-corrected chi connectivity index (χ3v) is 4.95. The van der Waals surface area contributed by atoms with E-state index in [1.54, 1.807) is 13.1 Å². The Morgan fingerprint density at radius 1 is 1.12 bits per heavy atom. The van der Waals surface area contributed by atoms with Gasteiger partial charge >= 0.3 is 0 Å². The highest BCUT2D eigenvalue weighted by Crippen LogP contribution is 2.28. The average Bonchev–Trinajstić information content (AvgIpc) is 3.10. The fourth-order valence-electron chi connectivity index (χ4n) is 3.53. The molecule has 8 nitrogen and oxygen atoms in total. The Labute approximate surface area is 185 Å². The number of nitrogens with two attached hydrogens (primary N) is 1. The zero-order valence-corrected chi connectivity index (χ0v) is 18.4. The molecule has 166 valence electrons. The third kappa shape index (κ3) is 4.83. The number of halogens is 1. The summed E-state index contributed by atoms with van der Waals surface area (Å²) < 4.78 is 21.7. The molecule has 3 heterocycles. The molecule has 1 aromatic carbocycles. The van der Waals surface area contributed by atoms with Gasteiger partial charge in [0, 0.05) is 18.3 Å². The minimum atomic E-state index is -0.440. The number of hydrogen-bond donors (Lipinski definition) is 1. The number of aromatic nitrogens is 5. The van der Waals surface area contributed by atoms with Crippen LogP contribution in [0.1, 0.15) is 17.8 Å². The summed E-state index contributed by atoms with van der Waals surface area (Å²) >= 11 is 0. The predicted molar refractivity (Wildman–Crippen MR) is 122 cm³/mol. The summed E-state index contributed by atoms with van der Waals surface area (Å²) in [5.74, 6) is 1.71. The smallest absolute Gasteiger partial charge is 0.166 e. The minimum Gasteiger partial charge on any atom is -0.494 e. The number of nitrogens with zero attached hydrogens (tertiary/aromatic N) is 6. The maximum Gasteiger partial charge on any atom is 0.166 e. The summed E-state index contributed by atoms with van der Waals surface area (Å²) in [6.45, 7) is 3.83. The Balaban J connectivity index is 1.69. The lowest BCUT2D eigenvalue weighted by Crippen LogP contribution is -2.15. The number of imidazole rings is 1. The van der Waals surface area contributed by atoms with Crippen LogP contribution in [-0.4, -0.2) is 56.6 Å². The summed E-state index contributed by atoms with van der Waals surface area (Å²) in [5.41, 5.74) is 8.71. The van der Waals surface area contributed by atoms with Crippen LogP contribution in [0.25, 0.3) is 22.6 Å². The zero-order valence-electron chi connectivity index (χ0n) is 18.4. The van der Waals surface area contributed by atoms with Crippen LogP contribution in [0.3, 0.4) is 0 Å². The number of nitrogen functional groups attached to an aromatic ring is 1. The molecular formula is C23H26FN7O. The number of fused-ring (bicyclic) bond motifs is 1. The first-order chi connectivity index (χ1) is 15.4. The molecule has 0 saturated heterocycles. The lowest BCUT2D eigenvalue weighted by Gasteiger charge is -2.12. The second-order valence-electron chi connectivity index (χ2n) is 7.89. The standard InChI is InChI=1S/C23H26FN7O/c1-15-27-21(25)20-23(28-15)31(22(29-20)17-11-18(24)13-26-12-17)14-16-6-4-7-19(10-16)32-9-5-8-30(2)3/h4,6-7,10-13H,5,8-9,14H2,1-3H3,(H2,25,27,28). The van der Waals surface area contributed by atoms with Gasteiger partial charge in [0.05, 0.1) is 19.3 Å². The van der Waals surface area contributed by atoms with Crippen LogP contribution in [0, 0.1) is 12.7 Å². The van der Waals surface area contributed by atoms with Crippen molar-refractivity contribution in [2.75, 3.05) is 33.0 Å². The Morgan fingerprint density at radius 2 is 1.97 bits per heavy atom. The number of hydrogen-bond acceptors (Lipinski definition) is 7.